The summed E-state index contributed by atoms with van der Waals surface area (Å²) in [5.41, 5.74) is 0. The highest BCUT2D eigenvalue weighted by Crippen LogP contribution is 2.32. The smallest absolute Gasteiger partial charge is 0.217 e. The topological polar surface area (TPSA) is 278 Å². The number of aliphatic hydroxyl groups excluding tert-OH is 10. The van der Waals surface area contributed by atoms with Gasteiger partial charge in [-0.3, -0.25) is 4.79 Å². The van der Waals surface area contributed by atoms with E-state index in [1.54, 1.807) is 0 Å². The third-order valence-corrected chi connectivity index (χ3v) is 6.50. The van der Waals surface area contributed by atoms with E-state index in [9.17, 15) is 55.9 Å². The van der Waals surface area contributed by atoms with Gasteiger partial charge < -0.3 is 80.1 Å². The Morgan fingerprint density at radius 1 is 0.649 bits per heavy atom. The van der Waals surface area contributed by atoms with Gasteiger partial charge in [0.2, 0.25) is 5.91 Å². The van der Waals surface area contributed by atoms with Crippen molar-refractivity contribution in [3.8, 4) is 0 Å². The third kappa shape index (κ3) is 6.38. The number of nitrogens with one attached hydrogen (secondary N) is 1. The number of carbonyl (C=O) groups excluding carboxylic acids is 1. The van der Waals surface area contributed by atoms with Crippen molar-refractivity contribution in [1.29, 1.82) is 0 Å². The second kappa shape index (κ2) is 12.8. The summed E-state index contributed by atoms with van der Waals surface area (Å²) in [7, 11) is 0. The first-order valence-electron chi connectivity index (χ1n) is 11.6. The quantitative estimate of drug-likeness (QED) is 0.135. The van der Waals surface area contributed by atoms with E-state index >= 15 is 0 Å². The Morgan fingerprint density at radius 3 is 1.70 bits per heavy atom. The lowest BCUT2D eigenvalue weighted by Gasteiger charge is -2.48. The lowest BCUT2D eigenvalue weighted by atomic mass is 9.95. The molecular weight excluding hydrogens is 510 g/mol. The number of rotatable bonds is 8. The average Bonchev–Trinajstić information content (AvgIpc) is 2.86. The van der Waals surface area contributed by atoms with Crippen LogP contribution < -0.4 is 5.32 Å². The van der Waals surface area contributed by atoms with Crippen LogP contribution in [0.15, 0.2) is 0 Å². The van der Waals surface area contributed by atoms with Crippen molar-refractivity contribution in [1.82, 2.24) is 5.32 Å². The molecule has 3 fully saturated rings. The molecule has 3 rings (SSSR count). The van der Waals surface area contributed by atoms with Gasteiger partial charge in [0.1, 0.15) is 73.2 Å². The highest BCUT2D eigenvalue weighted by Gasteiger charge is 2.53. The summed E-state index contributed by atoms with van der Waals surface area (Å²) >= 11 is 0. The zero-order chi connectivity index (χ0) is 27.6. The number of amides is 1. The van der Waals surface area contributed by atoms with E-state index in [0.717, 1.165) is 6.92 Å². The number of hydrogen-bond donors (Lipinski definition) is 11. The standard InChI is InChI=1S/C20H35NO16/c1-5(25)21-9-12(28)16(8(4-24)33-18(9)32)36-20-15(31)17(11(27)7(3-23)35-20)37-19-14(30)13(29)10(26)6(2-22)34-19/h6-20,22-24,26-32H,2-4H2,1H3,(H,21,25)/t6-,7-,8-,9-,10+,11+,12-,13+,14-,15-,16-,17+,18?,19+,20+/m1/s1. The van der Waals surface area contributed by atoms with Crippen LogP contribution in [0, 0.1) is 0 Å². The van der Waals surface area contributed by atoms with Crippen molar-refractivity contribution in [2.45, 2.75) is 99.0 Å². The van der Waals surface area contributed by atoms with Gasteiger partial charge in [0.25, 0.3) is 0 Å². The lowest BCUT2D eigenvalue weighted by Crippen LogP contribution is -2.68. The van der Waals surface area contributed by atoms with Crippen LogP contribution in [0.25, 0.3) is 0 Å². The van der Waals surface area contributed by atoms with Gasteiger partial charge in [-0.15, -0.1) is 0 Å². The molecule has 0 spiro atoms. The van der Waals surface area contributed by atoms with Crippen LogP contribution in [-0.4, -0.2) is 169 Å². The summed E-state index contributed by atoms with van der Waals surface area (Å²) in [4.78, 5) is 11.5. The van der Waals surface area contributed by atoms with E-state index in [2.05, 4.69) is 5.32 Å². The van der Waals surface area contributed by atoms with Gasteiger partial charge in [0.05, 0.1) is 19.8 Å². The van der Waals surface area contributed by atoms with Gasteiger partial charge in [-0.2, -0.15) is 0 Å². The Morgan fingerprint density at radius 2 is 1.16 bits per heavy atom. The van der Waals surface area contributed by atoms with Gasteiger partial charge in [-0.25, -0.2) is 0 Å². The van der Waals surface area contributed by atoms with E-state index in [0.29, 0.717) is 0 Å². The normalized spacial score (nSPS) is 49.0. The van der Waals surface area contributed by atoms with E-state index in [1.807, 2.05) is 0 Å². The molecule has 3 aliphatic heterocycles. The van der Waals surface area contributed by atoms with Gasteiger partial charge >= 0.3 is 0 Å². The molecule has 37 heavy (non-hydrogen) atoms. The molecule has 1 amide bonds. The van der Waals surface area contributed by atoms with Crippen LogP contribution in [-0.2, 0) is 28.5 Å². The summed E-state index contributed by atoms with van der Waals surface area (Å²) in [6.45, 7) is -1.23. The minimum Gasteiger partial charge on any atom is -0.394 e. The second-order valence-corrected chi connectivity index (χ2v) is 9.07. The monoisotopic (exact) mass is 545 g/mol. The minimum absolute atomic E-state index is 0.627. The molecule has 3 saturated heterocycles. The molecule has 216 valence electrons. The number of aliphatic hydroxyl groups is 10. The number of carbonyl (C=O) groups is 1. The van der Waals surface area contributed by atoms with Crippen LogP contribution in [0.3, 0.4) is 0 Å². The summed E-state index contributed by atoms with van der Waals surface area (Å²) < 4.78 is 26.9. The summed E-state index contributed by atoms with van der Waals surface area (Å²) in [6, 6.07) is -1.40. The average molecular weight is 545 g/mol. The highest BCUT2D eigenvalue weighted by molar-refractivity contribution is 5.73. The molecule has 0 radical (unpaired) electrons. The zero-order valence-electron chi connectivity index (χ0n) is 19.7. The van der Waals surface area contributed by atoms with Crippen molar-refractivity contribution in [3.63, 3.8) is 0 Å². The van der Waals surface area contributed by atoms with Gasteiger partial charge in [-0.1, -0.05) is 0 Å². The molecule has 15 atom stereocenters. The first kappa shape index (κ1) is 30.4. The summed E-state index contributed by atoms with van der Waals surface area (Å²) in [5.74, 6) is -0.627. The maximum Gasteiger partial charge on any atom is 0.217 e. The fraction of sp³-hybridized carbons (Fsp3) is 0.950. The molecule has 3 heterocycles. The Bertz CT molecular complexity index is 745. The van der Waals surface area contributed by atoms with Crippen LogP contribution in [0.1, 0.15) is 6.92 Å². The Hall–Kier alpha value is -1.13. The van der Waals surface area contributed by atoms with Gasteiger partial charge in [-0.05, 0) is 0 Å². The predicted molar refractivity (Wildman–Crippen MR) is 113 cm³/mol. The molecule has 1 unspecified atom stereocenters. The molecule has 0 bridgehead atoms. The fourth-order valence-electron chi connectivity index (χ4n) is 4.46. The van der Waals surface area contributed by atoms with E-state index in [4.69, 9.17) is 23.7 Å². The Balaban J connectivity index is 1.80. The molecular formula is C20H35NO16. The predicted octanol–water partition coefficient (Wildman–Crippen LogP) is -7.43. The van der Waals surface area contributed by atoms with E-state index in [-0.39, 0.29) is 0 Å². The highest BCUT2D eigenvalue weighted by atomic mass is 16.7. The summed E-state index contributed by atoms with van der Waals surface area (Å²) in [5, 5.41) is 103. The summed E-state index contributed by atoms with van der Waals surface area (Å²) in [6.07, 6.45) is -23.4. The number of ether oxygens (including phenoxy) is 5. The zero-order valence-corrected chi connectivity index (χ0v) is 19.7. The number of hydrogen-bond acceptors (Lipinski definition) is 16. The SMILES string of the molecule is CC(=O)N[C@H]1C(O)O[C@H](CO)[C@@H](O[C@@H]2O[C@H](CO)[C@H](O)[C@H](O[C@@H]3O[C@H](CO)[C@H](O)[C@H](O)[C@H]3O)[C@H]2O)[C@@H]1O. The van der Waals surface area contributed by atoms with Crippen LogP contribution in [0.2, 0.25) is 0 Å². The van der Waals surface area contributed by atoms with Gasteiger partial charge in [0, 0.05) is 6.92 Å². The molecule has 0 aromatic rings. The molecule has 0 saturated carbocycles. The lowest BCUT2D eigenvalue weighted by molar-refractivity contribution is -0.375. The van der Waals surface area contributed by atoms with E-state index in [1.165, 1.54) is 0 Å². The van der Waals surface area contributed by atoms with Crippen LogP contribution >= 0.6 is 0 Å². The van der Waals surface area contributed by atoms with Gasteiger partial charge in [0.15, 0.2) is 18.9 Å². The minimum atomic E-state index is -1.91. The van der Waals surface area contributed by atoms with Crippen LogP contribution in [0.4, 0.5) is 0 Å². The van der Waals surface area contributed by atoms with Crippen LogP contribution in [0.5, 0.6) is 0 Å². The molecule has 17 heteroatoms. The third-order valence-electron chi connectivity index (χ3n) is 6.50. The molecule has 0 aromatic heterocycles. The first-order valence-corrected chi connectivity index (χ1v) is 11.6. The Labute approximate surface area is 210 Å². The second-order valence-electron chi connectivity index (χ2n) is 9.07. The molecule has 11 N–H and O–H groups in total. The fourth-order valence-corrected chi connectivity index (χ4v) is 4.46. The Kier molecular flexibility index (Phi) is 10.5. The van der Waals surface area contributed by atoms with Crippen molar-refractivity contribution < 1.29 is 79.5 Å². The van der Waals surface area contributed by atoms with E-state index < -0.39 is 118 Å². The largest absolute Gasteiger partial charge is 0.394 e. The van der Waals surface area contributed by atoms with Crippen molar-refractivity contribution in [2.75, 3.05) is 19.8 Å². The first-order chi connectivity index (χ1) is 17.4. The molecule has 0 aliphatic carbocycles. The maximum atomic E-state index is 11.5. The van der Waals surface area contributed by atoms with Crippen molar-refractivity contribution in [2.24, 2.45) is 0 Å². The van der Waals surface area contributed by atoms with Crippen molar-refractivity contribution >= 4 is 5.91 Å². The maximum absolute atomic E-state index is 11.5. The molecule has 17 nitrogen and oxygen atoms in total. The van der Waals surface area contributed by atoms with Crippen molar-refractivity contribution in [3.05, 3.63) is 0 Å². The molecule has 0 aromatic carbocycles. The molecule has 3 aliphatic rings.